The Kier molecular flexibility index (Phi) is 4.53. The molecule has 0 spiro atoms. The topological polar surface area (TPSA) is 9.23 Å². The molecule has 0 saturated heterocycles. The van der Waals surface area contributed by atoms with Gasteiger partial charge in [-0.3, -0.25) is 0 Å². The van der Waals surface area contributed by atoms with Crippen molar-refractivity contribution in [2.45, 2.75) is 26.2 Å². The molecule has 0 fully saturated rings. The van der Waals surface area contributed by atoms with Crippen LogP contribution in [-0.2, 0) is 0 Å². The summed E-state index contributed by atoms with van der Waals surface area (Å²) in [6.45, 7) is 1.86. The maximum absolute atomic E-state index is 12.0. The lowest BCUT2D eigenvalue weighted by Crippen LogP contribution is -2.01. The molecular weight excluding hydrogens is 198 g/mol. The lowest BCUT2D eigenvalue weighted by Gasteiger charge is -2.14. The Morgan fingerprint density at radius 1 is 1.33 bits per heavy atom. The summed E-state index contributed by atoms with van der Waals surface area (Å²) < 4.78 is 29.3. The van der Waals surface area contributed by atoms with Crippen molar-refractivity contribution in [2.24, 2.45) is 0 Å². The zero-order chi connectivity index (χ0) is 11.3. The minimum absolute atomic E-state index is 0.0934. The molecule has 3 heteroatoms. The molecule has 0 unspecified atom stereocenters. The van der Waals surface area contributed by atoms with Crippen LogP contribution < -0.4 is 4.74 Å². The van der Waals surface area contributed by atoms with Crippen molar-refractivity contribution < 1.29 is 13.5 Å². The van der Waals surface area contributed by atoms with Crippen LogP contribution in [0.1, 0.15) is 25.3 Å². The molecule has 15 heavy (non-hydrogen) atoms. The van der Waals surface area contributed by atoms with Gasteiger partial charge in [-0.05, 0) is 12.5 Å². The Labute approximate surface area is 89.1 Å². The molecule has 1 aromatic carbocycles. The number of alkyl halides is 2. The minimum Gasteiger partial charge on any atom is -0.496 e. The van der Waals surface area contributed by atoms with E-state index < -0.39 is 6.43 Å². The third-order valence-electron chi connectivity index (χ3n) is 2.30. The van der Waals surface area contributed by atoms with E-state index in [4.69, 9.17) is 4.74 Å². The van der Waals surface area contributed by atoms with E-state index in [1.54, 1.807) is 7.11 Å². The number of para-hydroxylation sites is 1. The molecule has 1 aromatic rings. The molecule has 0 atom stereocenters. The molecule has 0 aliphatic carbocycles. The predicted octanol–water partition coefficient (Wildman–Crippen LogP) is 3.68. The van der Waals surface area contributed by atoms with Gasteiger partial charge in [0.15, 0.2) is 0 Å². The summed E-state index contributed by atoms with van der Waals surface area (Å²) in [5.41, 5.74) is 0.917. The molecule has 0 bridgehead atoms. The molecule has 0 N–H and O–H groups in total. The number of hydrogen-bond donors (Lipinski definition) is 0. The van der Waals surface area contributed by atoms with Crippen LogP contribution in [0, 0.1) is 5.92 Å². The van der Waals surface area contributed by atoms with Crippen molar-refractivity contribution in [3.8, 4) is 5.75 Å². The molecule has 1 rings (SSSR count). The van der Waals surface area contributed by atoms with E-state index in [0.717, 1.165) is 17.2 Å². The van der Waals surface area contributed by atoms with Gasteiger partial charge in [0.05, 0.1) is 7.11 Å². The minimum atomic E-state index is -2.24. The summed E-state index contributed by atoms with van der Waals surface area (Å²) in [5, 5.41) is 0. The Morgan fingerprint density at radius 2 is 2.00 bits per heavy atom. The highest BCUT2D eigenvalue weighted by Crippen LogP contribution is 2.29. The van der Waals surface area contributed by atoms with E-state index >= 15 is 0 Å². The van der Waals surface area contributed by atoms with Gasteiger partial charge in [-0.2, -0.15) is 0 Å². The van der Waals surface area contributed by atoms with Crippen molar-refractivity contribution >= 4 is 0 Å². The van der Waals surface area contributed by atoms with Crippen molar-refractivity contribution in [3.63, 3.8) is 0 Å². The number of rotatable bonds is 5. The van der Waals surface area contributed by atoms with E-state index in [-0.39, 0.29) is 6.42 Å². The van der Waals surface area contributed by atoms with Gasteiger partial charge in [-0.15, -0.1) is 0 Å². The van der Waals surface area contributed by atoms with Crippen LogP contribution >= 0.6 is 0 Å². The molecule has 0 amide bonds. The fourth-order valence-corrected chi connectivity index (χ4v) is 1.46. The van der Waals surface area contributed by atoms with E-state index in [1.165, 1.54) is 0 Å². The highest BCUT2D eigenvalue weighted by atomic mass is 19.3. The van der Waals surface area contributed by atoms with Crippen LogP contribution in [0.15, 0.2) is 24.3 Å². The fourth-order valence-electron chi connectivity index (χ4n) is 1.46. The normalized spacial score (nSPS) is 11.1. The van der Waals surface area contributed by atoms with Crippen LogP contribution in [0.2, 0.25) is 0 Å². The molecule has 0 saturated carbocycles. The van der Waals surface area contributed by atoms with Crippen molar-refractivity contribution in [1.82, 2.24) is 0 Å². The number of hydrogen-bond acceptors (Lipinski definition) is 1. The Balaban J connectivity index is 2.68. The second kappa shape index (κ2) is 5.69. The van der Waals surface area contributed by atoms with Gasteiger partial charge in [0.25, 0.3) is 0 Å². The van der Waals surface area contributed by atoms with Gasteiger partial charge in [0.2, 0.25) is 6.43 Å². The summed E-state index contributed by atoms with van der Waals surface area (Å²) in [6, 6.07) is 7.47. The third kappa shape index (κ3) is 3.50. The highest BCUT2D eigenvalue weighted by molar-refractivity contribution is 5.42. The van der Waals surface area contributed by atoms with Gasteiger partial charge in [-0.1, -0.05) is 25.1 Å². The molecule has 1 radical (unpaired) electrons. The largest absolute Gasteiger partial charge is 0.496 e. The lowest BCUT2D eigenvalue weighted by atomic mass is 9.95. The van der Waals surface area contributed by atoms with Crippen molar-refractivity contribution in [1.29, 1.82) is 0 Å². The van der Waals surface area contributed by atoms with Crippen molar-refractivity contribution in [3.05, 3.63) is 35.7 Å². The summed E-state index contributed by atoms with van der Waals surface area (Å²) in [5.74, 6) is 1.68. The molecule has 1 nitrogen and oxygen atoms in total. The maximum atomic E-state index is 12.0. The second-order valence-electron chi connectivity index (χ2n) is 3.41. The SMILES string of the molecule is COc1ccccc1[C](C)CCC(F)F. The average Bonchev–Trinajstić information content (AvgIpc) is 2.25. The monoisotopic (exact) mass is 213 g/mol. The Bertz CT molecular complexity index is 299. The van der Waals surface area contributed by atoms with E-state index in [2.05, 4.69) is 0 Å². The first kappa shape index (κ1) is 12.0. The third-order valence-corrected chi connectivity index (χ3v) is 2.30. The molecule has 0 aliphatic rings. The Hall–Kier alpha value is -1.12. The first-order valence-electron chi connectivity index (χ1n) is 4.89. The van der Waals surface area contributed by atoms with E-state index in [1.807, 2.05) is 31.2 Å². The lowest BCUT2D eigenvalue weighted by molar-refractivity contribution is 0.136. The predicted molar refractivity (Wildman–Crippen MR) is 56.3 cm³/mol. The van der Waals surface area contributed by atoms with Crippen LogP contribution in [0.25, 0.3) is 0 Å². The van der Waals surface area contributed by atoms with Gasteiger partial charge in [-0.25, -0.2) is 8.78 Å². The maximum Gasteiger partial charge on any atom is 0.238 e. The number of halogens is 2. The summed E-state index contributed by atoms with van der Waals surface area (Å²) in [4.78, 5) is 0. The van der Waals surface area contributed by atoms with Crippen LogP contribution in [0.4, 0.5) is 8.78 Å². The second-order valence-corrected chi connectivity index (χ2v) is 3.41. The van der Waals surface area contributed by atoms with Gasteiger partial charge >= 0.3 is 0 Å². The first-order valence-corrected chi connectivity index (χ1v) is 4.89. The molecular formula is C12H15F2O. The standard InChI is InChI=1S/C12H15F2O/c1-9(7-8-12(13)14)10-5-3-4-6-11(10)15-2/h3-6,12H,7-8H2,1-2H3. The summed E-state index contributed by atoms with van der Waals surface area (Å²) in [6.07, 6.45) is -1.93. The fraction of sp³-hybridized carbons (Fsp3) is 0.417. The quantitative estimate of drug-likeness (QED) is 0.725. The highest BCUT2D eigenvalue weighted by Gasteiger charge is 2.13. The van der Waals surface area contributed by atoms with Crippen LogP contribution in [0.5, 0.6) is 5.75 Å². The molecule has 83 valence electrons. The zero-order valence-electron chi connectivity index (χ0n) is 8.97. The zero-order valence-corrected chi connectivity index (χ0v) is 8.97. The number of benzene rings is 1. The van der Waals surface area contributed by atoms with Crippen LogP contribution in [-0.4, -0.2) is 13.5 Å². The van der Waals surface area contributed by atoms with E-state index in [9.17, 15) is 8.78 Å². The average molecular weight is 213 g/mol. The number of ether oxygens (including phenoxy) is 1. The van der Waals surface area contributed by atoms with Gasteiger partial charge in [0, 0.05) is 17.9 Å². The smallest absolute Gasteiger partial charge is 0.238 e. The molecule has 0 aliphatic heterocycles. The van der Waals surface area contributed by atoms with E-state index in [0.29, 0.717) is 6.42 Å². The van der Waals surface area contributed by atoms with Gasteiger partial charge < -0.3 is 4.74 Å². The van der Waals surface area contributed by atoms with Crippen molar-refractivity contribution in [2.75, 3.05) is 7.11 Å². The van der Waals surface area contributed by atoms with Gasteiger partial charge in [0.1, 0.15) is 5.75 Å². The first-order chi connectivity index (χ1) is 7.15. The molecule has 0 aromatic heterocycles. The summed E-state index contributed by atoms with van der Waals surface area (Å²) >= 11 is 0. The number of methoxy groups -OCH3 is 1. The summed E-state index contributed by atoms with van der Waals surface area (Å²) in [7, 11) is 1.58. The Morgan fingerprint density at radius 3 is 2.60 bits per heavy atom. The molecule has 0 heterocycles. The van der Waals surface area contributed by atoms with Crippen LogP contribution in [0.3, 0.4) is 0 Å².